The third-order valence-corrected chi connectivity index (χ3v) is 2.35. The van der Waals surface area contributed by atoms with Gasteiger partial charge in [-0.3, -0.25) is 4.79 Å². The quantitative estimate of drug-likeness (QED) is 0.676. The van der Waals surface area contributed by atoms with Gasteiger partial charge in [0, 0.05) is 0 Å². The minimum Gasteiger partial charge on any atom is -0.487 e. The Balaban J connectivity index is 2.36. The summed E-state index contributed by atoms with van der Waals surface area (Å²) in [6, 6.07) is 9.57. The van der Waals surface area contributed by atoms with Crippen LogP contribution in [0.25, 0.3) is 5.57 Å². The molecule has 0 N–H and O–H groups in total. The SMILES string of the molecule is CC1(C)OC=C(c2ccccc2)C1=O. The zero-order valence-corrected chi connectivity index (χ0v) is 8.28. The molecule has 14 heavy (non-hydrogen) atoms. The van der Waals surface area contributed by atoms with Gasteiger partial charge in [0.05, 0.1) is 11.8 Å². The minimum atomic E-state index is -0.703. The number of Topliss-reactive ketones (excluding diaryl/α,β-unsaturated/α-hetero) is 1. The predicted octanol–water partition coefficient (Wildman–Crippen LogP) is 2.41. The summed E-state index contributed by atoms with van der Waals surface area (Å²) in [6.45, 7) is 3.56. The molecule has 0 amide bonds. The molecule has 0 unspecified atom stereocenters. The smallest absolute Gasteiger partial charge is 0.209 e. The van der Waals surface area contributed by atoms with Gasteiger partial charge in [-0.15, -0.1) is 0 Å². The molecule has 0 aromatic heterocycles. The van der Waals surface area contributed by atoms with Crippen molar-refractivity contribution in [3.8, 4) is 0 Å². The summed E-state index contributed by atoms with van der Waals surface area (Å²) in [6.07, 6.45) is 1.55. The summed E-state index contributed by atoms with van der Waals surface area (Å²) >= 11 is 0. The molecule has 0 bridgehead atoms. The molecule has 0 radical (unpaired) electrons. The lowest BCUT2D eigenvalue weighted by atomic mass is 9.95. The molecule has 0 fully saturated rings. The van der Waals surface area contributed by atoms with Gasteiger partial charge in [-0.25, -0.2) is 0 Å². The maximum absolute atomic E-state index is 11.8. The highest BCUT2D eigenvalue weighted by Gasteiger charge is 2.37. The third kappa shape index (κ3) is 1.33. The number of carbonyl (C=O) groups excluding carboxylic acids is 1. The van der Waals surface area contributed by atoms with Gasteiger partial charge in [0.25, 0.3) is 0 Å². The van der Waals surface area contributed by atoms with E-state index >= 15 is 0 Å². The van der Waals surface area contributed by atoms with Crippen LogP contribution in [-0.4, -0.2) is 11.4 Å². The number of ether oxygens (including phenoxy) is 1. The van der Waals surface area contributed by atoms with Crippen LogP contribution in [0.3, 0.4) is 0 Å². The molecule has 1 aromatic rings. The minimum absolute atomic E-state index is 0.0451. The Bertz CT molecular complexity index is 388. The maximum Gasteiger partial charge on any atom is 0.209 e. The van der Waals surface area contributed by atoms with Crippen LogP contribution in [-0.2, 0) is 9.53 Å². The first kappa shape index (κ1) is 9.00. The van der Waals surface area contributed by atoms with E-state index in [9.17, 15) is 4.79 Å². The number of carbonyl (C=O) groups is 1. The average Bonchev–Trinajstić information content (AvgIpc) is 2.44. The molecule has 2 heteroatoms. The van der Waals surface area contributed by atoms with Crippen molar-refractivity contribution >= 4 is 11.4 Å². The summed E-state index contributed by atoms with van der Waals surface area (Å²) in [4.78, 5) is 11.8. The maximum atomic E-state index is 11.8. The number of benzene rings is 1. The van der Waals surface area contributed by atoms with Gasteiger partial charge in [-0.05, 0) is 19.4 Å². The fourth-order valence-corrected chi connectivity index (χ4v) is 1.45. The highest BCUT2D eigenvalue weighted by Crippen LogP contribution is 2.30. The second kappa shape index (κ2) is 2.98. The molecular formula is C12H12O2. The molecule has 1 aliphatic heterocycles. The van der Waals surface area contributed by atoms with Crippen LogP contribution >= 0.6 is 0 Å². The van der Waals surface area contributed by atoms with Crippen molar-refractivity contribution in [2.45, 2.75) is 19.4 Å². The van der Waals surface area contributed by atoms with E-state index in [2.05, 4.69) is 0 Å². The van der Waals surface area contributed by atoms with Crippen LogP contribution in [0.5, 0.6) is 0 Å². The Hall–Kier alpha value is -1.57. The molecule has 0 saturated heterocycles. The van der Waals surface area contributed by atoms with Gasteiger partial charge >= 0.3 is 0 Å². The number of hydrogen-bond acceptors (Lipinski definition) is 2. The largest absolute Gasteiger partial charge is 0.487 e. The predicted molar refractivity (Wildman–Crippen MR) is 54.6 cm³/mol. The fourth-order valence-electron chi connectivity index (χ4n) is 1.45. The van der Waals surface area contributed by atoms with Gasteiger partial charge in [-0.2, -0.15) is 0 Å². The second-order valence-electron chi connectivity index (χ2n) is 3.85. The van der Waals surface area contributed by atoms with E-state index in [1.54, 1.807) is 20.1 Å². The fraction of sp³-hybridized carbons (Fsp3) is 0.250. The first-order valence-electron chi connectivity index (χ1n) is 4.59. The van der Waals surface area contributed by atoms with Crippen LogP contribution < -0.4 is 0 Å². The lowest BCUT2D eigenvalue weighted by Gasteiger charge is -2.15. The second-order valence-corrected chi connectivity index (χ2v) is 3.85. The van der Waals surface area contributed by atoms with E-state index in [1.165, 1.54) is 0 Å². The van der Waals surface area contributed by atoms with Crippen molar-refractivity contribution in [1.29, 1.82) is 0 Å². The topological polar surface area (TPSA) is 26.3 Å². The lowest BCUT2D eigenvalue weighted by Crippen LogP contribution is -2.28. The summed E-state index contributed by atoms with van der Waals surface area (Å²) in [5.41, 5.74) is 0.879. The Kier molecular flexibility index (Phi) is 1.92. The highest BCUT2D eigenvalue weighted by molar-refractivity contribution is 6.25. The van der Waals surface area contributed by atoms with Gasteiger partial charge in [-0.1, -0.05) is 30.3 Å². The lowest BCUT2D eigenvalue weighted by molar-refractivity contribution is -0.125. The molecule has 0 saturated carbocycles. The normalized spacial score (nSPS) is 19.0. The Morgan fingerprint density at radius 1 is 1.14 bits per heavy atom. The zero-order chi connectivity index (χ0) is 10.2. The third-order valence-electron chi connectivity index (χ3n) is 2.35. The number of rotatable bonds is 1. The standard InChI is InChI=1S/C12H12O2/c1-12(2)11(13)10(8-14-12)9-6-4-3-5-7-9/h3-8H,1-2H3. The Morgan fingerprint density at radius 2 is 1.79 bits per heavy atom. The van der Waals surface area contributed by atoms with Crippen molar-refractivity contribution < 1.29 is 9.53 Å². The molecule has 0 aliphatic carbocycles. The van der Waals surface area contributed by atoms with Crippen molar-refractivity contribution in [2.75, 3.05) is 0 Å². The van der Waals surface area contributed by atoms with Gasteiger partial charge < -0.3 is 4.74 Å². The van der Waals surface area contributed by atoms with Crippen LogP contribution in [0.4, 0.5) is 0 Å². The summed E-state index contributed by atoms with van der Waals surface area (Å²) in [5.74, 6) is 0.0451. The van der Waals surface area contributed by atoms with Gasteiger partial charge in [0.2, 0.25) is 5.78 Å². The van der Waals surface area contributed by atoms with Gasteiger partial charge in [0.1, 0.15) is 0 Å². The van der Waals surface area contributed by atoms with Gasteiger partial charge in [0.15, 0.2) is 5.60 Å². The molecule has 1 aromatic carbocycles. The summed E-state index contributed by atoms with van der Waals surface area (Å²) in [5, 5.41) is 0. The first-order valence-corrected chi connectivity index (χ1v) is 4.59. The molecule has 72 valence electrons. The monoisotopic (exact) mass is 188 g/mol. The van der Waals surface area contributed by atoms with E-state index in [-0.39, 0.29) is 5.78 Å². The van der Waals surface area contributed by atoms with E-state index in [1.807, 2.05) is 30.3 Å². The number of ketones is 1. The average molecular weight is 188 g/mol. The van der Waals surface area contributed by atoms with E-state index in [0.29, 0.717) is 5.57 Å². The Labute approximate surface area is 83.2 Å². The first-order chi connectivity index (χ1) is 6.61. The van der Waals surface area contributed by atoms with Crippen LogP contribution in [0.15, 0.2) is 36.6 Å². The molecule has 0 spiro atoms. The van der Waals surface area contributed by atoms with Crippen LogP contribution in [0, 0.1) is 0 Å². The van der Waals surface area contributed by atoms with Crippen molar-refractivity contribution in [1.82, 2.24) is 0 Å². The van der Waals surface area contributed by atoms with Crippen molar-refractivity contribution in [3.63, 3.8) is 0 Å². The molecular weight excluding hydrogens is 176 g/mol. The molecule has 1 heterocycles. The zero-order valence-electron chi connectivity index (χ0n) is 8.28. The molecule has 0 atom stereocenters. The summed E-state index contributed by atoms with van der Waals surface area (Å²) in [7, 11) is 0. The van der Waals surface area contributed by atoms with Crippen molar-refractivity contribution in [2.24, 2.45) is 0 Å². The van der Waals surface area contributed by atoms with Crippen molar-refractivity contribution in [3.05, 3.63) is 42.2 Å². The number of hydrogen-bond donors (Lipinski definition) is 0. The highest BCUT2D eigenvalue weighted by atomic mass is 16.5. The van der Waals surface area contributed by atoms with E-state index < -0.39 is 5.60 Å². The van der Waals surface area contributed by atoms with Crippen LogP contribution in [0.2, 0.25) is 0 Å². The van der Waals surface area contributed by atoms with Crippen LogP contribution in [0.1, 0.15) is 19.4 Å². The van der Waals surface area contributed by atoms with E-state index in [4.69, 9.17) is 4.74 Å². The Morgan fingerprint density at radius 3 is 2.29 bits per heavy atom. The summed E-state index contributed by atoms with van der Waals surface area (Å²) < 4.78 is 5.31. The molecule has 2 nitrogen and oxygen atoms in total. The molecule has 2 rings (SSSR count). The molecule has 1 aliphatic rings. The van der Waals surface area contributed by atoms with E-state index in [0.717, 1.165) is 5.56 Å².